The van der Waals surface area contributed by atoms with E-state index < -0.39 is 11.8 Å². The Morgan fingerprint density at radius 3 is 2.21 bits per heavy atom. The zero-order valence-corrected chi connectivity index (χ0v) is 14.6. The zero-order valence-electron chi connectivity index (χ0n) is 14.6. The fourth-order valence-corrected chi connectivity index (χ4v) is 2.65. The molecule has 0 aliphatic carbocycles. The van der Waals surface area contributed by atoms with Gasteiger partial charge in [0.05, 0.1) is 6.04 Å². The molecule has 0 radical (unpaired) electrons. The Kier molecular flexibility index (Phi) is 5.74. The average molecular weight is 324 g/mol. The number of rotatable bonds is 4. The van der Waals surface area contributed by atoms with Crippen molar-refractivity contribution in [1.29, 1.82) is 0 Å². The molecule has 4 heteroatoms. The highest BCUT2D eigenvalue weighted by atomic mass is 16.2. The van der Waals surface area contributed by atoms with Gasteiger partial charge in [0.1, 0.15) is 0 Å². The molecule has 0 saturated heterocycles. The predicted molar refractivity (Wildman–Crippen MR) is 95.5 cm³/mol. The minimum atomic E-state index is -0.618. The highest BCUT2D eigenvalue weighted by Gasteiger charge is 2.18. The second kappa shape index (κ2) is 7.77. The largest absolute Gasteiger partial charge is 0.344 e. The highest BCUT2D eigenvalue weighted by molar-refractivity contribution is 6.35. The molecule has 2 rings (SSSR count). The summed E-state index contributed by atoms with van der Waals surface area (Å²) in [6, 6.07) is 13.4. The van der Waals surface area contributed by atoms with Crippen LogP contribution in [0.1, 0.15) is 40.8 Å². The first-order chi connectivity index (χ1) is 11.4. The van der Waals surface area contributed by atoms with E-state index in [9.17, 15) is 9.59 Å². The van der Waals surface area contributed by atoms with Crippen molar-refractivity contribution in [1.82, 2.24) is 10.6 Å². The molecule has 4 nitrogen and oxygen atoms in total. The molecule has 24 heavy (non-hydrogen) atoms. The monoisotopic (exact) mass is 324 g/mol. The molecule has 2 amide bonds. The Morgan fingerprint density at radius 2 is 1.54 bits per heavy atom. The quantitative estimate of drug-likeness (QED) is 0.849. The first-order valence-electron chi connectivity index (χ1n) is 8.09. The summed E-state index contributed by atoms with van der Waals surface area (Å²) in [4.78, 5) is 24.1. The van der Waals surface area contributed by atoms with Gasteiger partial charge in [-0.2, -0.15) is 0 Å². The molecule has 0 spiro atoms. The summed E-state index contributed by atoms with van der Waals surface area (Å²) in [5.74, 6) is -1.23. The summed E-state index contributed by atoms with van der Waals surface area (Å²) in [5.41, 5.74) is 5.48. The van der Waals surface area contributed by atoms with Crippen molar-refractivity contribution in [3.63, 3.8) is 0 Å². The van der Waals surface area contributed by atoms with E-state index in [1.807, 2.05) is 51.1 Å². The van der Waals surface area contributed by atoms with Crippen LogP contribution in [0.2, 0.25) is 0 Å². The van der Waals surface area contributed by atoms with Crippen molar-refractivity contribution < 1.29 is 9.59 Å². The molecule has 0 unspecified atom stereocenters. The van der Waals surface area contributed by atoms with Gasteiger partial charge < -0.3 is 10.6 Å². The maximum absolute atomic E-state index is 12.1. The standard InChI is InChI=1S/C20H24N2O2/c1-13-10-15(3)18(11-14(13)2)16(4)22-20(24)19(23)21-12-17-8-6-5-7-9-17/h5-11,16H,12H2,1-4H3,(H,21,23)(H,22,24)/t16-/m1/s1. The molecule has 0 aliphatic heterocycles. The predicted octanol–water partition coefficient (Wildman–Crippen LogP) is 3.11. The van der Waals surface area contributed by atoms with E-state index >= 15 is 0 Å². The minimum Gasteiger partial charge on any atom is -0.344 e. The second-order valence-electron chi connectivity index (χ2n) is 6.16. The number of carbonyl (C=O) groups excluding carboxylic acids is 2. The summed E-state index contributed by atoms with van der Waals surface area (Å²) >= 11 is 0. The second-order valence-corrected chi connectivity index (χ2v) is 6.16. The highest BCUT2D eigenvalue weighted by Crippen LogP contribution is 2.21. The summed E-state index contributed by atoms with van der Waals surface area (Å²) in [5, 5.41) is 5.41. The molecular weight excluding hydrogens is 300 g/mol. The van der Waals surface area contributed by atoms with Crippen LogP contribution in [-0.2, 0) is 16.1 Å². The van der Waals surface area contributed by atoms with Crippen molar-refractivity contribution in [2.45, 2.75) is 40.3 Å². The van der Waals surface area contributed by atoms with Gasteiger partial charge in [0.2, 0.25) is 0 Å². The summed E-state index contributed by atoms with van der Waals surface area (Å²) in [6.45, 7) is 8.34. The van der Waals surface area contributed by atoms with E-state index in [1.165, 1.54) is 11.1 Å². The van der Waals surface area contributed by atoms with Crippen molar-refractivity contribution in [3.8, 4) is 0 Å². The molecule has 0 saturated carbocycles. The van der Waals surface area contributed by atoms with E-state index in [4.69, 9.17) is 0 Å². The molecule has 0 fully saturated rings. The van der Waals surface area contributed by atoms with Gasteiger partial charge in [-0.15, -0.1) is 0 Å². The van der Waals surface area contributed by atoms with Crippen LogP contribution >= 0.6 is 0 Å². The molecule has 2 N–H and O–H groups in total. The van der Waals surface area contributed by atoms with E-state index in [-0.39, 0.29) is 6.04 Å². The van der Waals surface area contributed by atoms with E-state index in [0.717, 1.165) is 16.7 Å². The fraction of sp³-hybridized carbons (Fsp3) is 0.300. The number of benzene rings is 2. The lowest BCUT2D eigenvalue weighted by molar-refractivity contribution is -0.139. The van der Waals surface area contributed by atoms with Gasteiger partial charge in [-0.25, -0.2) is 0 Å². The maximum atomic E-state index is 12.1. The van der Waals surface area contributed by atoms with Crippen molar-refractivity contribution >= 4 is 11.8 Å². The van der Waals surface area contributed by atoms with Crippen LogP contribution in [0, 0.1) is 20.8 Å². The molecule has 0 aromatic heterocycles. The third-order valence-electron chi connectivity index (χ3n) is 4.20. The zero-order chi connectivity index (χ0) is 17.7. The van der Waals surface area contributed by atoms with Crippen LogP contribution in [0.3, 0.4) is 0 Å². The third-order valence-corrected chi connectivity index (χ3v) is 4.20. The van der Waals surface area contributed by atoms with Gasteiger partial charge in [-0.1, -0.05) is 42.5 Å². The van der Waals surface area contributed by atoms with Crippen molar-refractivity contribution in [2.75, 3.05) is 0 Å². The van der Waals surface area contributed by atoms with Crippen molar-refractivity contribution in [3.05, 3.63) is 70.3 Å². The van der Waals surface area contributed by atoms with Gasteiger partial charge in [0.25, 0.3) is 0 Å². The first-order valence-corrected chi connectivity index (χ1v) is 8.09. The van der Waals surface area contributed by atoms with Crippen LogP contribution in [0.15, 0.2) is 42.5 Å². The molecular formula is C20H24N2O2. The molecule has 2 aromatic carbocycles. The fourth-order valence-electron chi connectivity index (χ4n) is 2.65. The Labute approximate surface area is 143 Å². The molecule has 0 aliphatic rings. The Hall–Kier alpha value is -2.62. The van der Waals surface area contributed by atoms with Crippen LogP contribution in [0.5, 0.6) is 0 Å². The normalized spacial score (nSPS) is 11.7. The molecule has 0 heterocycles. The topological polar surface area (TPSA) is 58.2 Å². The van der Waals surface area contributed by atoms with Crippen LogP contribution in [0.25, 0.3) is 0 Å². The van der Waals surface area contributed by atoms with Gasteiger partial charge in [0.15, 0.2) is 0 Å². The van der Waals surface area contributed by atoms with Crippen LogP contribution in [-0.4, -0.2) is 11.8 Å². The number of aryl methyl sites for hydroxylation is 3. The van der Waals surface area contributed by atoms with E-state index in [1.54, 1.807) is 0 Å². The first kappa shape index (κ1) is 17.7. The average Bonchev–Trinajstić information content (AvgIpc) is 2.56. The lowest BCUT2D eigenvalue weighted by Gasteiger charge is -2.18. The van der Waals surface area contributed by atoms with Gasteiger partial charge >= 0.3 is 11.8 Å². The van der Waals surface area contributed by atoms with Crippen LogP contribution < -0.4 is 10.6 Å². The van der Waals surface area contributed by atoms with E-state index in [0.29, 0.717) is 6.54 Å². The van der Waals surface area contributed by atoms with Gasteiger partial charge in [-0.05, 0) is 55.5 Å². The minimum absolute atomic E-state index is 0.223. The number of nitrogens with one attached hydrogen (secondary N) is 2. The SMILES string of the molecule is Cc1cc(C)c([C@@H](C)NC(=O)C(=O)NCc2ccccc2)cc1C. The van der Waals surface area contributed by atoms with Gasteiger partial charge in [0, 0.05) is 6.54 Å². The smallest absolute Gasteiger partial charge is 0.309 e. The molecule has 126 valence electrons. The van der Waals surface area contributed by atoms with Crippen LogP contribution in [0.4, 0.5) is 0 Å². The number of carbonyl (C=O) groups is 2. The number of amides is 2. The summed E-state index contributed by atoms with van der Waals surface area (Å²) < 4.78 is 0. The lowest BCUT2D eigenvalue weighted by atomic mass is 9.96. The maximum Gasteiger partial charge on any atom is 0.309 e. The molecule has 0 bridgehead atoms. The Balaban J connectivity index is 1.96. The van der Waals surface area contributed by atoms with Gasteiger partial charge in [-0.3, -0.25) is 9.59 Å². The molecule has 1 atom stereocenters. The third kappa shape index (κ3) is 4.44. The Bertz CT molecular complexity index is 739. The number of hydrogen-bond acceptors (Lipinski definition) is 2. The van der Waals surface area contributed by atoms with E-state index in [2.05, 4.69) is 29.7 Å². The summed E-state index contributed by atoms with van der Waals surface area (Å²) in [7, 11) is 0. The summed E-state index contributed by atoms with van der Waals surface area (Å²) in [6.07, 6.45) is 0. The lowest BCUT2D eigenvalue weighted by Crippen LogP contribution is -2.40. The van der Waals surface area contributed by atoms with Crippen molar-refractivity contribution in [2.24, 2.45) is 0 Å². The number of hydrogen-bond donors (Lipinski definition) is 2. The Morgan fingerprint density at radius 1 is 0.917 bits per heavy atom. The molecule has 2 aromatic rings.